The van der Waals surface area contributed by atoms with E-state index in [2.05, 4.69) is 5.10 Å². The Hall–Kier alpha value is -1.95. The summed E-state index contributed by atoms with van der Waals surface area (Å²) >= 11 is 0. The quantitative estimate of drug-likeness (QED) is 0.619. The van der Waals surface area contributed by atoms with Crippen LogP contribution in [0.4, 0.5) is 0 Å². The van der Waals surface area contributed by atoms with Gasteiger partial charge in [-0.05, 0) is 12.1 Å². The van der Waals surface area contributed by atoms with E-state index in [0.717, 1.165) is 18.8 Å². The molecule has 1 atom stereocenters. The second-order valence-electron chi connectivity index (χ2n) is 4.46. The van der Waals surface area contributed by atoms with Gasteiger partial charge in [0.15, 0.2) is 23.4 Å². The van der Waals surface area contributed by atoms with Crippen molar-refractivity contribution in [3.8, 4) is 11.5 Å². The summed E-state index contributed by atoms with van der Waals surface area (Å²) in [5.41, 5.74) is 6.00. The lowest BCUT2D eigenvalue weighted by Crippen LogP contribution is -2.44. The molecule has 0 aromatic heterocycles. The lowest BCUT2D eigenvalue weighted by molar-refractivity contribution is 0.0381. The molecule has 1 fully saturated rings. The number of amidine groups is 1. The second-order valence-corrected chi connectivity index (χ2v) is 4.46. The topological polar surface area (TPSA) is 69.3 Å². The molecule has 1 aromatic carbocycles. The van der Waals surface area contributed by atoms with Crippen LogP contribution in [-0.2, 0) is 4.74 Å². The van der Waals surface area contributed by atoms with Crippen molar-refractivity contribution < 1.29 is 14.2 Å². The molecule has 0 aliphatic carbocycles. The highest BCUT2D eigenvalue weighted by Gasteiger charge is 2.24. The highest BCUT2D eigenvalue weighted by molar-refractivity contribution is 5.85. The van der Waals surface area contributed by atoms with Gasteiger partial charge in [-0.3, -0.25) is 5.01 Å². The Bertz CT molecular complexity index is 472. The van der Waals surface area contributed by atoms with Crippen molar-refractivity contribution in [3.05, 3.63) is 24.3 Å². The molecule has 0 amide bonds. The van der Waals surface area contributed by atoms with Gasteiger partial charge in [-0.15, -0.1) is 0 Å². The van der Waals surface area contributed by atoms with Crippen LogP contribution in [0.2, 0.25) is 0 Å². The molecule has 2 N–H and O–H groups in total. The van der Waals surface area contributed by atoms with Crippen LogP contribution >= 0.6 is 0 Å². The number of nitrogens with zero attached hydrogens (tertiary/aromatic N) is 2. The number of hydrogen-bond acceptors (Lipinski definition) is 5. The number of fused-ring (bicyclic) bond motifs is 1. The molecule has 19 heavy (non-hydrogen) atoms. The molecule has 0 bridgehead atoms. The van der Waals surface area contributed by atoms with E-state index < -0.39 is 0 Å². The molecule has 0 radical (unpaired) electrons. The van der Waals surface area contributed by atoms with E-state index in [1.165, 1.54) is 0 Å². The van der Waals surface area contributed by atoms with Gasteiger partial charge in [-0.1, -0.05) is 12.1 Å². The van der Waals surface area contributed by atoms with Crippen LogP contribution in [0.3, 0.4) is 0 Å². The van der Waals surface area contributed by atoms with Crippen LogP contribution < -0.4 is 15.2 Å². The minimum Gasteiger partial charge on any atom is -0.485 e. The fourth-order valence-corrected chi connectivity index (χ4v) is 2.05. The average Bonchev–Trinajstić information content (AvgIpc) is 2.48. The van der Waals surface area contributed by atoms with Gasteiger partial charge in [0, 0.05) is 0 Å². The SMILES string of the molecule is NC(=NN1CCOCC1)[C@@H]1COc2ccccc2O1. The summed E-state index contributed by atoms with van der Waals surface area (Å²) in [6.07, 6.45) is -0.335. The highest BCUT2D eigenvalue weighted by atomic mass is 16.6. The van der Waals surface area contributed by atoms with Crippen LogP contribution in [0.25, 0.3) is 0 Å². The molecule has 0 spiro atoms. The number of ether oxygens (including phenoxy) is 3. The number of benzene rings is 1. The molecule has 3 rings (SSSR count). The van der Waals surface area contributed by atoms with E-state index in [4.69, 9.17) is 19.9 Å². The van der Waals surface area contributed by atoms with E-state index in [1.54, 1.807) is 0 Å². The highest BCUT2D eigenvalue weighted by Crippen LogP contribution is 2.30. The molecule has 0 saturated carbocycles. The van der Waals surface area contributed by atoms with E-state index in [1.807, 2.05) is 29.3 Å². The zero-order chi connectivity index (χ0) is 13.1. The molecule has 6 heteroatoms. The molecular weight excluding hydrogens is 246 g/mol. The molecule has 0 unspecified atom stereocenters. The Balaban J connectivity index is 1.68. The van der Waals surface area contributed by atoms with Gasteiger partial charge >= 0.3 is 0 Å². The van der Waals surface area contributed by atoms with Gasteiger partial charge in [0.25, 0.3) is 0 Å². The van der Waals surface area contributed by atoms with Gasteiger partial charge < -0.3 is 19.9 Å². The van der Waals surface area contributed by atoms with E-state index in [9.17, 15) is 0 Å². The van der Waals surface area contributed by atoms with Crippen LogP contribution in [0.5, 0.6) is 11.5 Å². The maximum Gasteiger partial charge on any atom is 0.191 e. The van der Waals surface area contributed by atoms with Crippen molar-refractivity contribution in [1.29, 1.82) is 0 Å². The van der Waals surface area contributed by atoms with Gasteiger partial charge in [-0.25, -0.2) is 0 Å². The molecule has 2 aliphatic heterocycles. The molecule has 1 saturated heterocycles. The molecule has 102 valence electrons. The first-order valence-corrected chi connectivity index (χ1v) is 6.38. The Morgan fingerprint density at radius 3 is 2.74 bits per heavy atom. The maximum absolute atomic E-state index is 6.00. The second kappa shape index (κ2) is 5.36. The number of hydrogen-bond donors (Lipinski definition) is 1. The average molecular weight is 263 g/mol. The van der Waals surface area contributed by atoms with E-state index in [0.29, 0.717) is 31.4 Å². The predicted octanol–water partition coefficient (Wildman–Crippen LogP) is 0.431. The van der Waals surface area contributed by atoms with Crippen LogP contribution in [0.15, 0.2) is 29.4 Å². The number of morpholine rings is 1. The normalized spacial score (nSPS) is 23.3. The first kappa shape index (κ1) is 12.1. The Labute approximate surface area is 111 Å². The van der Waals surface area contributed by atoms with Crippen molar-refractivity contribution in [3.63, 3.8) is 0 Å². The smallest absolute Gasteiger partial charge is 0.191 e. The Morgan fingerprint density at radius 1 is 1.21 bits per heavy atom. The molecular formula is C13H17N3O3. The predicted molar refractivity (Wildman–Crippen MR) is 70.4 cm³/mol. The van der Waals surface area contributed by atoms with Crippen LogP contribution in [0.1, 0.15) is 0 Å². The molecule has 2 aliphatic rings. The summed E-state index contributed by atoms with van der Waals surface area (Å²) < 4.78 is 16.7. The summed E-state index contributed by atoms with van der Waals surface area (Å²) in [5.74, 6) is 1.90. The first-order chi connectivity index (χ1) is 9.33. The number of rotatable bonds is 2. The summed E-state index contributed by atoms with van der Waals surface area (Å²) in [7, 11) is 0. The number of nitrogens with two attached hydrogens (primary N) is 1. The third-order valence-electron chi connectivity index (χ3n) is 3.08. The van der Waals surface area contributed by atoms with E-state index >= 15 is 0 Å². The van der Waals surface area contributed by atoms with Crippen LogP contribution in [-0.4, -0.2) is 49.9 Å². The first-order valence-electron chi connectivity index (χ1n) is 6.38. The van der Waals surface area contributed by atoms with Gasteiger partial charge in [-0.2, -0.15) is 5.10 Å². The van der Waals surface area contributed by atoms with E-state index in [-0.39, 0.29) is 6.10 Å². The summed E-state index contributed by atoms with van der Waals surface area (Å²) in [6.45, 7) is 3.26. The zero-order valence-corrected chi connectivity index (χ0v) is 10.6. The number of para-hydroxylation sites is 2. The van der Waals surface area contributed by atoms with Gasteiger partial charge in [0.05, 0.1) is 26.3 Å². The third-order valence-corrected chi connectivity index (χ3v) is 3.08. The Kier molecular flexibility index (Phi) is 3.41. The molecule has 6 nitrogen and oxygen atoms in total. The summed E-state index contributed by atoms with van der Waals surface area (Å²) in [5, 5.41) is 6.28. The lowest BCUT2D eigenvalue weighted by Gasteiger charge is -2.28. The van der Waals surface area contributed by atoms with Crippen molar-refractivity contribution in [2.45, 2.75) is 6.10 Å². The largest absolute Gasteiger partial charge is 0.485 e. The molecule has 1 aromatic rings. The van der Waals surface area contributed by atoms with Gasteiger partial charge in [0.2, 0.25) is 0 Å². The van der Waals surface area contributed by atoms with Crippen molar-refractivity contribution in [2.75, 3.05) is 32.9 Å². The van der Waals surface area contributed by atoms with Crippen molar-refractivity contribution >= 4 is 5.84 Å². The van der Waals surface area contributed by atoms with Crippen molar-refractivity contribution in [1.82, 2.24) is 5.01 Å². The zero-order valence-electron chi connectivity index (χ0n) is 10.6. The maximum atomic E-state index is 6.00. The number of hydrazone groups is 1. The Morgan fingerprint density at radius 2 is 1.95 bits per heavy atom. The standard InChI is InChI=1S/C13H17N3O3/c14-13(15-16-5-7-17-8-6-16)12-9-18-10-3-1-2-4-11(10)19-12/h1-4,12H,5-9H2,(H2,14,15)/t12-/m0/s1. The van der Waals surface area contributed by atoms with Crippen LogP contribution in [0, 0.1) is 0 Å². The minimum absolute atomic E-state index is 0.335. The minimum atomic E-state index is -0.335. The summed E-state index contributed by atoms with van der Waals surface area (Å²) in [6, 6.07) is 7.55. The summed E-state index contributed by atoms with van der Waals surface area (Å²) in [4.78, 5) is 0. The molecule has 2 heterocycles. The monoisotopic (exact) mass is 263 g/mol. The fraction of sp³-hybridized carbons (Fsp3) is 0.462. The fourth-order valence-electron chi connectivity index (χ4n) is 2.05. The lowest BCUT2D eigenvalue weighted by atomic mass is 10.2. The van der Waals surface area contributed by atoms with Crippen molar-refractivity contribution in [2.24, 2.45) is 10.8 Å². The van der Waals surface area contributed by atoms with Gasteiger partial charge in [0.1, 0.15) is 6.61 Å². The third kappa shape index (κ3) is 2.73.